The van der Waals surface area contributed by atoms with E-state index >= 15 is 0 Å². The van der Waals surface area contributed by atoms with Crippen molar-refractivity contribution in [2.75, 3.05) is 0 Å². The molecule has 2 saturated carbocycles. The molecule has 4 aliphatic carbocycles. The van der Waals surface area contributed by atoms with Crippen LogP contribution < -0.4 is 5.22 Å². The lowest BCUT2D eigenvalue weighted by atomic mass is 9.74. The first kappa shape index (κ1) is 10.6. The predicted molar refractivity (Wildman–Crippen MR) is 91.6 cm³/mol. The van der Waals surface area contributed by atoms with E-state index in [1.165, 1.54) is 39.9 Å². The van der Waals surface area contributed by atoms with E-state index in [1.54, 1.807) is 10.8 Å². The Hall–Kier alpha value is -2.08. The Kier molecular flexibility index (Phi) is 1.45. The molecule has 7 rings (SSSR count). The molecule has 0 heteroatoms. The normalized spacial score (nSPS) is 35.7. The third kappa shape index (κ3) is 0.939. The van der Waals surface area contributed by atoms with Gasteiger partial charge in [0.15, 0.2) is 0 Å². The summed E-state index contributed by atoms with van der Waals surface area (Å²) < 4.78 is 0. The number of benzene rings is 3. The van der Waals surface area contributed by atoms with Gasteiger partial charge in [-0.2, -0.15) is 0 Å². The summed E-state index contributed by atoms with van der Waals surface area (Å²) in [6, 6.07) is 13.7. The van der Waals surface area contributed by atoms with Crippen LogP contribution in [0.2, 0.25) is 0 Å². The number of rotatable bonds is 0. The van der Waals surface area contributed by atoms with Crippen molar-refractivity contribution in [3.63, 3.8) is 0 Å². The Morgan fingerprint density at radius 3 is 2.77 bits per heavy atom. The summed E-state index contributed by atoms with van der Waals surface area (Å²) in [6.07, 6.45) is 10.4. The zero-order valence-electron chi connectivity index (χ0n) is 12.3. The molecule has 0 saturated heterocycles. The Balaban J connectivity index is 1.85. The largest absolute Gasteiger partial charge is 0.0799 e. The Morgan fingerprint density at radius 1 is 1.00 bits per heavy atom. The van der Waals surface area contributed by atoms with Crippen LogP contribution >= 0.6 is 0 Å². The van der Waals surface area contributed by atoms with E-state index in [0.29, 0.717) is 5.41 Å². The molecule has 1 spiro atoms. The quantitative estimate of drug-likeness (QED) is 0.571. The molecule has 0 aromatic heterocycles. The molecule has 0 amide bonds. The highest BCUT2D eigenvalue weighted by molar-refractivity contribution is 6.14. The predicted octanol–water partition coefficient (Wildman–Crippen LogP) is 4.43. The molecular weight excluding hydrogens is 264 g/mol. The van der Waals surface area contributed by atoms with E-state index < -0.39 is 0 Å². The van der Waals surface area contributed by atoms with Crippen LogP contribution in [0.4, 0.5) is 0 Å². The topological polar surface area (TPSA) is 0 Å². The molecule has 4 atom stereocenters. The molecule has 4 unspecified atom stereocenters. The summed E-state index contributed by atoms with van der Waals surface area (Å²) in [7, 11) is 0. The lowest BCUT2D eigenvalue weighted by Crippen LogP contribution is -2.30. The van der Waals surface area contributed by atoms with Gasteiger partial charge in [0.25, 0.3) is 0 Å². The van der Waals surface area contributed by atoms with Crippen molar-refractivity contribution in [1.82, 2.24) is 0 Å². The maximum atomic E-state index is 2.62. The van der Waals surface area contributed by atoms with Crippen molar-refractivity contribution in [3.05, 3.63) is 58.8 Å². The van der Waals surface area contributed by atoms with Gasteiger partial charge in [-0.1, -0.05) is 54.6 Å². The van der Waals surface area contributed by atoms with Gasteiger partial charge in [0.05, 0.1) is 0 Å². The lowest BCUT2D eigenvalue weighted by molar-refractivity contribution is 0.536. The Morgan fingerprint density at radius 2 is 1.86 bits per heavy atom. The number of allylic oxidation sites excluding steroid dienone is 1. The molecule has 22 heavy (non-hydrogen) atoms. The van der Waals surface area contributed by atoms with Gasteiger partial charge >= 0.3 is 0 Å². The standard InChI is InChI=1S/C22H16/c1-3-12-4-2-6-16-18-9-13-10-19(13)22-11-14(22)7-8-17(21(18)22)15(5-1)20(12)16/h1-9,13-14,19H,10-11H2. The molecule has 3 aromatic carbocycles. The van der Waals surface area contributed by atoms with Crippen LogP contribution in [0.15, 0.2) is 42.5 Å². The Bertz CT molecular complexity index is 1090. The fourth-order valence-corrected chi connectivity index (χ4v) is 5.91. The van der Waals surface area contributed by atoms with Gasteiger partial charge in [0.2, 0.25) is 0 Å². The monoisotopic (exact) mass is 280 g/mol. The first-order valence-electron chi connectivity index (χ1n) is 8.55. The van der Waals surface area contributed by atoms with Gasteiger partial charge < -0.3 is 0 Å². The molecular formula is C22H16. The van der Waals surface area contributed by atoms with Gasteiger partial charge in [-0.25, -0.2) is 0 Å². The highest BCUT2D eigenvalue weighted by atomic mass is 14.7. The molecule has 0 N–H and O–H groups in total. The van der Waals surface area contributed by atoms with Crippen molar-refractivity contribution in [1.29, 1.82) is 0 Å². The highest BCUT2D eigenvalue weighted by Gasteiger charge is 2.68. The van der Waals surface area contributed by atoms with Crippen LogP contribution in [0.1, 0.15) is 24.0 Å². The highest BCUT2D eigenvalue weighted by Crippen LogP contribution is 2.72. The van der Waals surface area contributed by atoms with E-state index in [2.05, 4.69) is 54.6 Å². The third-order valence-electron chi connectivity index (χ3n) is 6.93. The lowest BCUT2D eigenvalue weighted by Gasteiger charge is -2.29. The fourth-order valence-electron chi connectivity index (χ4n) is 5.91. The smallest absolute Gasteiger partial charge is 0.00683 e. The average Bonchev–Trinajstić information content (AvgIpc) is 3.44. The maximum Gasteiger partial charge on any atom is 0.00683 e. The van der Waals surface area contributed by atoms with Crippen molar-refractivity contribution in [2.45, 2.75) is 18.3 Å². The van der Waals surface area contributed by atoms with Gasteiger partial charge in [-0.15, -0.1) is 0 Å². The zero-order valence-corrected chi connectivity index (χ0v) is 12.3. The number of fused-ring (bicyclic) bond motifs is 3. The van der Waals surface area contributed by atoms with Crippen LogP contribution in [-0.4, -0.2) is 0 Å². The van der Waals surface area contributed by atoms with Crippen LogP contribution in [0.5, 0.6) is 0 Å². The van der Waals surface area contributed by atoms with Crippen LogP contribution in [0.25, 0.3) is 33.7 Å². The van der Waals surface area contributed by atoms with E-state index in [-0.39, 0.29) is 0 Å². The van der Waals surface area contributed by atoms with Gasteiger partial charge in [0.1, 0.15) is 0 Å². The van der Waals surface area contributed by atoms with Crippen LogP contribution in [0, 0.1) is 17.8 Å². The first-order chi connectivity index (χ1) is 10.9. The van der Waals surface area contributed by atoms with E-state index in [9.17, 15) is 0 Å². The second kappa shape index (κ2) is 3.01. The summed E-state index contributed by atoms with van der Waals surface area (Å²) in [6.45, 7) is 0. The summed E-state index contributed by atoms with van der Waals surface area (Å²) in [5, 5.41) is 7.43. The minimum atomic E-state index is 0.522. The summed E-state index contributed by atoms with van der Waals surface area (Å²) in [4.78, 5) is 0. The SMILES string of the molecule is C1=CC2CC23c2c1c1cccc4cccc(c2=CC2CC23)c41. The van der Waals surface area contributed by atoms with Gasteiger partial charge in [-0.3, -0.25) is 0 Å². The second-order valence-electron chi connectivity index (χ2n) is 7.79. The van der Waals surface area contributed by atoms with Crippen molar-refractivity contribution < 1.29 is 0 Å². The first-order valence-corrected chi connectivity index (χ1v) is 8.55. The molecule has 2 fully saturated rings. The van der Waals surface area contributed by atoms with Gasteiger partial charge in [0, 0.05) is 5.41 Å². The molecule has 4 aliphatic rings. The molecule has 0 heterocycles. The molecule has 3 aromatic rings. The van der Waals surface area contributed by atoms with Crippen molar-refractivity contribution >= 4 is 33.7 Å². The molecule has 0 bridgehead atoms. The van der Waals surface area contributed by atoms with Crippen molar-refractivity contribution in [2.24, 2.45) is 17.8 Å². The number of hydrogen-bond acceptors (Lipinski definition) is 0. The molecule has 0 aliphatic heterocycles. The number of hydrogen-bond donors (Lipinski definition) is 0. The van der Waals surface area contributed by atoms with Crippen LogP contribution in [-0.2, 0) is 5.41 Å². The Labute approximate surface area is 129 Å². The zero-order chi connectivity index (χ0) is 14.1. The molecule has 104 valence electrons. The summed E-state index contributed by atoms with van der Waals surface area (Å²) >= 11 is 0. The second-order valence-corrected chi connectivity index (χ2v) is 7.79. The maximum absolute atomic E-state index is 2.62. The molecule has 0 radical (unpaired) electrons. The van der Waals surface area contributed by atoms with Gasteiger partial charge in [-0.05, 0) is 68.5 Å². The third-order valence-corrected chi connectivity index (χ3v) is 6.93. The fraction of sp³-hybridized carbons (Fsp3) is 0.273. The summed E-state index contributed by atoms with van der Waals surface area (Å²) in [5.41, 5.74) is 3.77. The van der Waals surface area contributed by atoms with E-state index in [4.69, 9.17) is 0 Å². The van der Waals surface area contributed by atoms with Crippen LogP contribution in [0.3, 0.4) is 0 Å². The van der Waals surface area contributed by atoms with Crippen molar-refractivity contribution in [3.8, 4) is 0 Å². The molecule has 0 nitrogen and oxygen atoms in total. The minimum absolute atomic E-state index is 0.522. The van der Waals surface area contributed by atoms with E-state index in [0.717, 1.165) is 17.8 Å². The van der Waals surface area contributed by atoms with E-state index in [1.807, 2.05) is 0 Å². The minimum Gasteiger partial charge on any atom is -0.0799 e. The average molecular weight is 280 g/mol. The summed E-state index contributed by atoms with van der Waals surface area (Å²) in [5.74, 6) is 2.63.